The highest BCUT2D eigenvalue weighted by atomic mass is 79.9. The molecule has 8 nitrogen and oxygen atoms in total. The van der Waals surface area contributed by atoms with E-state index < -0.39 is 24.6 Å². The second-order valence-corrected chi connectivity index (χ2v) is 9.66. The fraction of sp³-hybridized carbons (Fsp3) is 0.625. The van der Waals surface area contributed by atoms with Crippen LogP contribution in [-0.2, 0) is 19.1 Å². The summed E-state index contributed by atoms with van der Waals surface area (Å²) in [6, 6.07) is 6.02. The molecule has 0 radical (unpaired) electrons. The summed E-state index contributed by atoms with van der Waals surface area (Å²) in [5.41, 5.74) is 0.592. The number of hydrogen-bond donors (Lipinski definition) is 3. The number of ether oxygens (including phenoxy) is 1. The van der Waals surface area contributed by atoms with Crippen LogP contribution in [-0.4, -0.2) is 67.0 Å². The number of fused-ring (bicyclic) bond motifs is 1. The highest BCUT2D eigenvalue weighted by molar-refractivity contribution is 8.93. The Kier molecular flexibility index (Phi) is 15.1. The van der Waals surface area contributed by atoms with Crippen molar-refractivity contribution in [2.75, 3.05) is 36.9 Å². The predicted octanol–water partition coefficient (Wildman–Crippen LogP) is 3.82. The third kappa shape index (κ3) is 9.68. The van der Waals surface area contributed by atoms with E-state index in [0.717, 1.165) is 43.2 Å². The number of piperidine rings is 1. The lowest BCUT2D eigenvalue weighted by Crippen LogP contribution is -2.54. The first-order chi connectivity index (χ1) is 16.0. The number of carboxylic acids is 1. The number of hydrogen-bond acceptors (Lipinski definition) is 7. The van der Waals surface area contributed by atoms with Crippen LogP contribution in [0.2, 0.25) is 0 Å². The van der Waals surface area contributed by atoms with Crippen molar-refractivity contribution in [1.29, 1.82) is 0 Å². The molecular weight excluding hydrogens is 602 g/mol. The molecule has 0 aliphatic carbocycles. The predicted molar refractivity (Wildman–Crippen MR) is 149 cm³/mol. The molecule has 0 saturated carbocycles. The molecule has 0 spiro atoms. The molecule has 2 heterocycles. The van der Waals surface area contributed by atoms with Crippen LogP contribution in [0, 0.1) is 5.92 Å². The van der Waals surface area contributed by atoms with Crippen molar-refractivity contribution >= 4 is 69.3 Å². The van der Waals surface area contributed by atoms with Gasteiger partial charge in [0.1, 0.15) is 12.6 Å². The number of unbranched alkanes of at least 4 members (excludes halogenated alkanes) is 1. The van der Waals surface area contributed by atoms with E-state index in [2.05, 4.69) is 10.6 Å². The van der Waals surface area contributed by atoms with Gasteiger partial charge in [0.05, 0.1) is 18.3 Å². The Morgan fingerprint density at radius 2 is 1.94 bits per heavy atom. The lowest BCUT2D eigenvalue weighted by molar-refractivity contribution is -0.146. The highest BCUT2D eigenvalue weighted by Crippen LogP contribution is 2.34. The first kappa shape index (κ1) is 31.9. The number of para-hydroxylation sites is 1. The van der Waals surface area contributed by atoms with E-state index in [-0.39, 0.29) is 52.4 Å². The number of anilines is 1. The van der Waals surface area contributed by atoms with Gasteiger partial charge in [-0.3, -0.25) is 24.6 Å². The number of carbonyl (C=O) groups excluding carboxylic acids is 2. The van der Waals surface area contributed by atoms with Gasteiger partial charge in [0.2, 0.25) is 5.91 Å². The molecule has 1 aromatic carbocycles. The van der Waals surface area contributed by atoms with Gasteiger partial charge in [-0.2, -0.15) is 0 Å². The Balaban J connectivity index is 0.00000306. The molecule has 11 heteroatoms. The largest absolute Gasteiger partial charge is 0.480 e. The monoisotopic (exact) mass is 637 g/mol. The van der Waals surface area contributed by atoms with Crippen LogP contribution in [0.1, 0.15) is 45.4 Å². The number of aliphatic carboxylic acids is 1. The van der Waals surface area contributed by atoms with Gasteiger partial charge in [0.15, 0.2) is 0 Å². The summed E-state index contributed by atoms with van der Waals surface area (Å²) in [5.74, 6) is -0.619. The average molecular weight is 639 g/mol. The third-order valence-corrected chi connectivity index (χ3v) is 7.36. The van der Waals surface area contributed by atoms with E-state index in [0.29, 0.717) is 17.9 Å². The topological polar surface area (TPSA) is 108 Å². The van der Waals surface area contributed by atoms with Crippen LogP contribution < -0.4 is 15.5 Å². The Hall–Kier alpha value is -1.14. The molecule has 1 amide bonds. The van der Waals surface area contributed by atoms with Gasteiger partial charge in [0.25, 0.3) is 0 Å². The molecule has 0 unspecified atom stereocenters. The van der Waals surface area contributed by atoms with Crippen molar-refractivity contribution in [3.05, 3.63) is 24.3 Å². The summed E-state index contributed by atoms with van der Waals surface area (Å²) in [7, 11) is 0. The van der Waals surface area contributed by atoms with Crippen LogP contribution in [0.5, 0.6) is 0 Å². The number of amides is 1. The Morgan fingerprint density at radius 1 is 1.23 bits per heavy atom. The van der Waals surface area contributed by atoms with Gasteiger partial charge in [0, 0.05) is 10.6 Å². The van der Waals surface area contributed by atoms with Gasteiger partial charge in [-0.15, -0.1) is 45.7 Å². The lowest BCUT2D eigenvalue weighted by atomic mass is 9.92. The van der Waals surface area contributed by atoms with Crippen LogP contribution in [0.4, 0.5) is 5.69 Å². The molecular formula is C24H37Br2N3O5S. The highest BCUT2D eigenvalue weighted by Gasteiger charge is 2.34. The van der Waals surface area contributed by atoms with Crippen molar-refractivity contribution < 1.29 is 24.2 Å². The zero-order valence-corrected chi connectivity index (χ0v) is 24.3. The van der Waals surface area contributed by atoms with Gasteiger partial charge in [-0.05, 0) is 57.3 Å². The summed E-state index contributed by atoms with van der Waals surface area (Å²) in [6.07, 6.45) is 6.04. The van der Waals surface area contributed by atoms with E-state index in [1.165, 1.54) is 29.5 Å². The maximum atomic E-state index is 13.3. The van der Waals surface area contributed by atoms with Gasteiger partial charge in [-0.1, -0.05) is 31.4 Å². The molecule has 1 saturated heterocycles. The summed E-state index contributed by atoms with van der Waals surface area (Å²) in [4.78, 5) is 39.6. The maximum absolute atomic E-state index is 13.3. The molecule has 1 aromatic rings. The number of thioether (sulfide) groups is 1. The smallest absolute Gasteiger partial charge is 0.323 e. The Bertz CT molecular complexity index is 826. The van der Waals surface area contributed by atoms with Crippen molar-refractivity contribution in [1.82, 2.24) is 10.6 Å². The molecule has 2 aliphatic rings. The van der Waals surface area contributed by atoms with Gasteiger partial charge < -0.3 is 15.2 Å². The van der Waals surface area contributed by atoms with E-state index in [9.17, 15) is 19.5 Å². The minimum Gasteiger partial charge on any atom is -0.480 e. The number of esters is 1. The van der Waals surface area contributed by atoms with Crippen LogP contribution >= 0.6 is 45.7 Å². The van der Waals surface area contributed by atoms with Crippen LogP contribution in [0.3, 0.4) is 0 Å². The third-order valence-electron chi connectivity index (χ3n) is 6.21. The lowest BCUT2D eigenvalue weighted by Gasteiger charge is -2.27. The Labute approximate surface area is 232 Å². The van der Waals surface area contributed by atoms with Gasteiger partial charge >= 0.3 is 11.9 Å². The first-order valence-corrected chi connectivity index (χ1v) is 12.9. The van der Waals surface area contributed by atoms with E-state index >= 15 is 0 Å². The zero-order valence-electron chi connectivity index (χ0n) is 20.1. The molecule has 198 valence electrons. The second-order valence-electron chi connectivity index (χ2n) is 8.60. The number of nitrogens with zero attached hydrogens (tertiary/aromatic N) is 1. The Morgan fingerprint density at radius 3 is 2.63 bits per heavy atom. The van der Waals surface area contributed by atoms with Crippen LogP contribution in [0.15, 0.2) is 29.2 Å². The number of benzene rings is 1. The number of halogens is 2. The average Bonchev–Trinajstić information content (AvgIpc) is 2.93. The maximum Gasteiger partial charge on any atom is 0.323 e. The molecule has 2 aliphatic heterocycles. The molecule has 2 atom stereocenters. The van der Waals surface area contributed by atoms with E-state index in [1.54, 1.807) is 19.1 Å². The fourth-order valence-electron chi connectivity index (χ4n) is 4.48. The van der Waals surface area contributed by atoms with Gasteiger partial charge in [-0.25, -0.2) is 0 Å². The summed E-state index contributed by atoms with van der Waals surface area (Å²) < 4.78 is 5.28. The molecule has 3 N–H and O–H groups in total. The molecule has 0 aromatic heterocycles. The van der Waals surface area contributed by atoms with Crippen molar-refractivity contribution in [2.24, 2.45) is 5.92 Å². The summed E-state index contributed by atoms with van der Waals surface area (Å²) in [5, 5.41) is 16.0. The minimum atomic E-state index is -1.08. The number of carbonyl (C=O) groups is 3. The second kappa shape index (κ2) is 16.6. The van der Waals surface area contributed by atoms with Crippen molar-refractivity contribution in [3.8, 4) is 0 Å². The minimum absolute atomic E-state index is 0. The SMILES string of the molecule is Br.Br.CCOC(=O)[C@H](CCCCC1CCNCC1)N[C@H]1CSc2ccccc2N(CC(=O)O)C1=O. The zero-order chi connectivity index (χ0) is 23.6. The first-order valence-electron chi connectivity index (χ1n) is 11.9. The molecule has 1 fully saturated rings. The van der Waals surface area contributed by atoms with E-state index in [4.69, 9.17) is 4.74 Å². The number of carboxylic acid groups (broad SMARTS) is 1. The van der Waals surface area contributed by atoms with Crippen molar-refractivity contribution in [3.63, 3.8) is 0 Å². The number of nitrogens with one attached hydrogen (secondary N) is 2. The molecule has 35 heavy (non-hydrogen) atoms. The molecule has 3 rings (SSSR count). The van der Waals surface area contributed by atoms with Crippen molar-refractivity contribution in [2.45, 2.75) is 62.4 Å². The van der Waals surface area contributed by atoms with E-state index in [1.807, 2.05) is 12.1 Å². The summed E-state index contributed by atoms with van der Waals surface area (Å²) in [6.45, 7) is 3.78. The quantitative estimate of drug-likeness (QED) is 0.248. The number of rotatable bonds is 11. The normalized spacial score (nSPS) is 18.9. The standard InChI is InChI=1S/C24H35N3O5S.2BrH/c1-2-32-24(31)18(8-4-3-7-17-11-13-25-14-12-17)26-19-16-33-21-10-6-5-9-20(21)27(23(19)30)15-22(28)29;;/h5-6,9-10,17-19,25-26H,2-4,7-8,11-16H2,1H3,(H,28,29);2*1H/t18-,19-;;/m0../s1. The molecule has 0 bridgehead atoms. The summed E-state index contributed by atoms with van der Waals surface area (Å²) >= 11 is 1.49. The fourth-order valence-corrected chi connectivity index (χ4v) is 5.56. The van der Waals surface area contributed by atoms with Crippen LogP contribution in [0.25, 0.3) is 0 Å².